The van der Waals surface area contributed by atoms with Gasteiger partial charge in [0.15, 0.2) is 0 Å². The van der Waals surface area contributed by atoms with Gasteiger partial charge in [-0.2, -0.15) is 0 Å². The van der Waals surface area contributed by atoms with Crippen LogP contribution in [0.2, 0.25) is 0 Å². The zero-order chi connectivity index (χ0) is 19.2. The monoisotopic (exact) mass is 369 g/mol. The number of alkyl halides is 3. The van der Waals surface area contributed by atoms with Crippen molar-refractivity contribution in [2.75, 3.05) is 32.7 Å². The van der Waals surface area contributed by atoms with Crippen LogP contribution in [0.15, 0.2) is 24.3 Å². The van der Waals surface area contributed by atoms with Crippen molar-refractivity contribution in [3.63, 3.8) is 0 Å². The number of hydrogen-bond donors (Lipinski definition) is 1. The van der Waals surface area contributed by atoms with Crippen LogP contribution in [0.4, 0.5) is 13.2 Å². The predicted octanol–water partition coefficient (Wildman–Crippen LogP) is 1.84. The van der Waals surface area contributed by atoms with Crippen molar-refractivity contribution < 1.29 is 22.7 Å². The number of carbonyl (C=O) groups is 1. The van der Waals surface area contributed by atoms with Gasteiger partial charge in [0.1, 0.15) is 5.75 Å². The summed E-state index contributed by atoms with van der Waals surface area (Å²) in [7, 11) is 0. The van der Waals surface area contributed by atoms with Crippen molar-refractivity contribution in [3.05, 3.63) is 29.8 Å². The van der Waals surface area contributed by atoms with E-state index >= 15 is 0 Å². The highest BCUT2D eigenvalue weighted by atomic mass is 19.4. The van der Waals surface area contributed by atoms with Crippen molar-refractivity contribution in [3.8, 4) is 18.1 Å². The number of nitrogens with zero attached hydrogens (tertiary/aromatic N) is 2. The molecule has 1 aromatic rings. The van der Waals surface area contributed by atoms with E-state index in [1.807, 2.05) is 6.92 Å². The lowest BCUT2D eigenvalue weighted by atomic mass is 10.1. The molecule has 1 aliphatic rings. The Balaban J connectivity index is 1.80. The Bertz CT molecular complexity index is 633. The summed E-state index contributed by atoms with van der Waals surface area (Å²) in [6.07, 6.45) is 0.458. The van der Waals surface area contributed by atoms with Crippen LogP contribution in [0.1, 0.15) is 12.5 Å². The highest BCUT2D eigenvalue weighted by Crippen LogP contribution is 2.23. The fourth-order valence-corrected chi connectivity index (χ4v) is 2.82. The average Bonchev–Trinajstić information content (AvgIpc) is 2.60. The smallest absolute Gasteiger partial charge is 0.406 e. The molecule has 0 aliphatic carbocycles. The predicted molar refractivity (Wildman–Crippen MR) is 91.3 cm³/mol. The second-order valence-electron chi connectivity index (χ2n) is 6.10. The fourth-order valence-electron chi connectivity index (χ4n) is 2.82. The third kappa shape index (κ3) is 6.24. The minimum atomic E-state index is -4.68. The van der Waals surface area contributed by atoms with Gasteiger partial charge < -0.3 is 10.1 Å². The molecule has 1 N–H and O–H groups in total. The maximum atomic E-state index is 12.2. The number of halogens is 3. The lowest BCUT2D eigenvalue weighted by Gasteiger charge is -2.37. The van der Waals surface area contributed by atoms with E-state index in [0.717, 1.165) is 31.7 Å². The van der Waals surface area contributed by atoms with Gasteiger partial charge in [-0.3, -0.25) is 14.6 Å². The van der Waals surface area contributed by atoms with E-state index in [1.165, 1.54) is 12.1 Å². The van der Waals surface area contributed by atoms with Gasteiger partial charge in [-0.05, 0) is 24.6 Å². The molecule has 8 heteroatoms. The van der Waals surface area contributed by atoms with Crippen LogP contribution >= 0.6 is 0 Å². The molecule has 0 spiro atoms. The van der Waals surface area contributed by atoms with Crippen LogP contribution < -0.4 is 10.1 Å². The van der Waals surface area contributed by atoms with E-state index in [-0.39, 0.29) is 24.2 Å². The van der Waals surface area contributed by atoms with E-state index in [9.17, 15) is 18.0 Å². The topological polar surface area (TPSA) is 44.8 Å². The first-order valence-electron chi connectivity index (χ1n) is 8.31. The molecule has 1 aliphatic heterocycles. The standard InChI is InChI=1S/C18H22F3N3O2/c1-3-8-22-17(25)14(2)24-11-9-23(10-12-24)13-15-4-6-16(7-5-15)26-18(19,20)21/h1,4-7,14H,8-13H2,2H3,(H,22,25). The van der Waals surface area contributed by atoms with Crippen LogP contribution in [-0.2, 0) is 11.3 Å². The lowest BCUT2D eigenvalue weighted by Crippen LogP contribution is -2.53. The molecule has 0 bridgehead atoms. The molecule has 1 saturated heterocycles. The Hall–Kier alpha value is -2.24. The molecule has 0 saturated carbocycles. The summed E-state index contributed by atoms with van der Waals surface area (Å²) in [5.74, 6) is 2.07. The molecule has 26 heavy (non-hydrogen) atoms. The molecule has 2 rings (SSSR count). The largest absolute Gasteiger partial charge is 0.573 e. The SMILES string of the molecule is C#CCNC(=O)C(C)N1CCN(Cc2ccc(OC(F)(F)F)cc2)CC1. The molecule has 1 amide bonds. The number of carbonyl (C=O) groups excluding carboxylic acids is 1. The molecule has 0 aromatic heterocycles. The third-order valence-electron chi connectivity index (χ3n) is 4.26. The summed E-state index contributed by atoms with van der Waals surface area (Å²) < 4.78 is 40.4. The second-order valence-corrected chi connectivity index (χ2v) is 6.10. The van der Waals surface area contributed by atoms with Gasteiger partial charge in [0, 0.05) is 32.7 Å². The van der Waals surface area contributed by atoms with Crippen LogP contribution in [0.3, 0.4) is 0 Å². The van der Waals surface area contributed by atoms with Gasteiger partial charge >= 0.3 is 6.36 Å². The van der Waals surface area contributed by atoms with Crippen LogP contribution in [0.5, 0.6) is 5.75 Å². The van der Waals surface area contributed by atoms with E-state index in [0.29, 0.717) is 6.54 Å². The first-order valence-corrected chi connectivity index (χ1v) is 8.31. The summed E-state index contributed by atoms with van der Waals surface area (Å²) in [4.78, 5) is 16.2. The quantitative estimate of drug-likeness (QED) is 0.778. The molecular weight excluding hydrogens is 347 g/mol. The van der Waals surface area contributed by atoms with Gasteiger partial charge in [-0.25, -0.2) is 0 Å². The Morgan fingerprint density at radius 3 is 2.42 bits per heavy atom. The number of terminal acetylenes is 1. The molecule has 1 heterocycles. The molecule has 1 aromatic carbocycles. The highest BCUT2D eigenvalue weighted by molar-refractivity contribution is 5.81. The second kappa shape index (κ2) is 8.92. The van der Waals surface area contributed by atoms with Crippen LogP contribution in [-0.4, -0.2) is 60.8 Å². The molecule has 0 radical (unpaired) electrons. The molecule has 5 nitrogen and oxygen atoms in total. The summed E-state index contributed by atoms with van der Waals surface area (Å²) in [5.41, 5.74) is 0.910. The lowest BCUT2D eigenvalue weighted by molar-refractivity contribution is -0.274. The number of nitrogens with one attached hydrogen (secondary N) is 1. The summed E-state index contributed by atoms with van der Waals surface area (Å²) >= 11 is 0. The first kappa shape index (κ1) is 20.1. The highest BCUT2D eigenvalue weighted by Gasteiger charge is 2.31. The van der Waals surface area contributed by atoms with Crippen molar-refractivity contribution in [1.29, 1.82) is 0 Å². The van der Waals surface area contributed by atoms with E-state index in [2.05, 4.69) is 25.8 Å². The van der Waals surface area contributed by atoms with Gasteiger partial charge in [-0.1, -0.05) is 18.1 Å². The Morgan fingerprint density at radius 2 is 1.88 bits per heavy atom. The van der Waals surface area contributed by atoms with E-state index < -0.39 is 6.36 Å². The molecule has 1 atom stereocenters. The van der Waals surface area contributed by atoms with Crippen molar-refractivity contribution in [2.24, 2.45) is 0 Å². The normalized spacial score (nSPS) is 17.3. The summed E-state index contributed by atoms with van der Waals surface area (Å²) in [6, 6.07) is 5.64. The van der Waals surface area contributed by atoms with Crippen LogP contribution in [0, 0.1) is 12.3 Å². The number of benzene rings is 1. The minimum Gasteiger partial charge on any atom is -0.406 e. The number of rotatable bonds is 6. The summed E-state index contributed by atoms with van der Waals surface area (Å²) in [6.45, 7) is 5.72. The fraction of sp³-hybridized carbons (Fsp3) is 0.500. The average molecular weight is 369 g/mol. The number of ether oxygens (including phenoxy) is 1. The Labute approximate surface area is 151 Å². The Kier molecular flexibility index (Phi) is 6.89. The van der Waals surface area contributed by atoms with Crippen molar-refractivity contribution >= 4 is 5.91 Å². The van der Waals surface area contributed by atoms with E-state index in [1.54, 1.807) is 12.1 Å². The minimum absolute atomic E-state index is 0.0864. The van der Waals surface area contributed by atoms with Crippen molar-refractivity contribution in [2.45, 2.75) is 25.9 Å². The van der Waals surface area contributed by atoms with Crippen LogP contribution in [0.25, 0.3) is 0 Å². The van der Waals surface area contributed by atoms with Gasteiger partial charge in [0.05, 0.1) is 12.6 Å². The molecule has 1 unspecified atom stereocenters. The molecule has 1 fully saturated rings. The van der Waals surface area contributed by atoms with Gasteiger partial charge in [0.25, 0.3) is 0 Å². The number of piperazine rings is 1. The third-order valence-corrected chi connectivity index (χ3v) is 4.26. The molecular formula is C18H22F3N3O2. The number of hydrogen-bond acceptors (Lipinski definition) is 4. The first-order chi connectivity index (χ1) is 12.3. The van der Waals surface area contributed by atoms with Gasteiger partial charge in [-0.15, -0.1) is 19.6 Å². The zero-order valence-electron chi connectivity index (χ0n) is 14.6. The maximum absolute atomic E-state index is 12.2. The zero-order valence-corrected chi connectivity index (χ0v) is 14.6. The number of amides is 1. The summed E-state index contributed by atoms with van der Waals surface area (Å²) in [5, 5.41) is 2.68. The van der Waals surface area contributed by atoms with Crippen molar-refractivity contribution in [1.82, 2.24) is 15.1 Å². The van der Waals surface area contributed by atoms with Gasteiger partial charge in [0.2, 0.25) is 5.91 Å². The maximum Gasteiger partial charge on any atom is 0.573 e. The molecule has 142 valence electrons. The van der Waals surface area contributed by atoms with E-state index in [4.69, 9.17) is 6.42 Å². The Morgan fingerprint density at radius 1 is 1.27 bits per heavy atom.